The van der Waals surface area contributed by atoms with E-state index in [-0.39, 0.29) is 18.1 Å². The van der Waals surface area contributed by atoms with Crippen molar-refractivity contribution in [2.24, 2.45) is 0 Å². The first-order valence-corrected chi connectivity index (χ1v) is 7.38. The van der Waals surface area contributed by atoms with Gasteiger partial charge in [0.25, 0.3) is 5.91 Å². The molecule has 0 aliphatic heterocycles. The maximum Gasteiger partial charge on any atom is 0.263 e. The van der Waals surface area contributed by atoms with Crippen LogP contribution in [0.25, 0.3) is 0 Å². The quantitative estimate of drug-likeness (QED) is 0.814. The minimum atomic E-state index is -0.203. The van der Waals surface area contributed by atoms with Gasteiger partial charge in [0.05, 0.1) is 6.61 Å². The molecule has 0 unspecified atom stereocenters. The Balaban J connectivity index is 2.79. The van der Waals surface area contributed by atoms with Crippen LogP contribution in [0.4, 0.5) is 0 Å². The van der Waals surface area contributed by atoms with Crippen LogP contribution in [0, 0.1) is 11.8 Å². The third kappa shape index (κ3) is 5.06. The molecule has 1 heterocycles. The van der Waals surface area contributed by atoms with Crippen LogP contribution in [0.3, 0.4) is 0 Å². The van der Waals surface area contributed by atoms with E-state index in [1.165, 1.54) is 11.3 Å². The van der Waals surface area contributed by atoms with Gasteiger partial charge in [-0.25, -0.2) is 0 Å². The molecule has 19 heavy (non-hydrogen) atoms. The first kappa shape index (κ1) is 15.7. The van der Waals surface area contributed by atoms with Crippen LogP contribution in [0.2, 0.25) is 0 Å². The van der Waals surface area contributed by atoms with Crippen molar-refractivity contribution < 1.29 is 9.90 Å². The summed E-state index contributed by atoms with van der Waals surface area (Å²) in [6.07, 6.45) is 2.40. The van der Waals surface area contributed by atoms with Gasteiger partial charge in [-0.15, -0.1) is 11.3 Å². The number of thiophene rings is 1. The van der Waals surface area contributed by atoms with E-state index in [1.807, 2.05) is 25.3 Å². The Hall–Kier alpha value is -1.31. The largest absolute Gasteiger partial charge is 0.395 e. The number of hydrogen-bond donors (Lipinski definition) is 2. The Morgan fingerprint density at radius 2 is 2.26 bits per heavy atom. The van der Waals surface area contributed by atoms with Crippen molar-refractivity contribution in [2.75, 3.05) is 6.61 Å². The minimum absolute atomic E-state index is 0.0438. The molecule has 1 rings (SSSR count). The van der Waals surface area contributed by atoms with Crippen LogP contribution in [-0.2, 0) is 0 Å². The van der Waals surface area contributed by atoms with Gasteiger partial charge in [-0.2, -0.15) is 0 Å². The fourth-order valence-corrected chi connectivity index (χ4v) is 2.59. The summed E-state index contributed by atoms with van der Waals surface area (Å²) in [6, 6.07) is 1.84. The second kappa shape index (κ2) is 7.32. The molecule has 0 aliphatic rings. The molecule has 104 valence electrons. The number of hydrogen-bond acceptors (Lipinski definition) is 3. The molecule has 0 atom stereocenters. The summed E-state index contributed by atoms with van der Waals surface area (Å²) in [6.45, 7) is 6.20. The smallest absolute Gasteiger partial charge is 0.263 e. The predicted octanol–water partition coefficient (Wildman–Crippen LogP) is 2.79. The summed E-state index contributed by atoms with van der Waals surface area (Å²) in [4.78, 5) is 12.9. The Morgan fingerprint density at radius 3 is 2.89 bits per heavy atom. The van der Waals surface area contributed by atoms with E-state index in [2.05, 4.69) is 24.1 Å². The van der Waals surface area contributed by atoms with Crippen LogP contribution in [-0.4, -0.2) is 23.2 Å². The summed E-state index contributed by atoms with van der Waals surface area (Å²) in [5.74, 6) is 5.71. The van der Waals surface area contributed by atoms with Crippen LogP contribution < -0.4 is 5.32 Å². The van der Waals surface area contributed by atoms with E-state index in [0.717, 1.165) is 18.4 Å². The van der Waals surface area contributed by atoms with Crippen molar-refractivity contribution in [1.29, 1.82) is 0 Å². The number of amides is 1. The van der Waals surface area contributed by atoms with Gasteiger partial charge in [0, 0.05) is 17.5 Å². The highest BCUT2D eigenvalue weighted by molar-refractivity contribution is 7.12. The van der Waals surface area contributed by atoms with Gasteiger partial charge in [-0.3, -0.25) is 4.79 Å². The minimum Gasteiger partial charge on any atom is -0.395 e. The molecule has 0 radical (unpaired) electrons. The van der Waals surface area contributed by atoms with E-state index in [0.29, 0.717) is 11.3 Å². The van der Waals surface area contributed by atoms with Crippen molar-refractivity contribution in [3.63, 3.8) is 0 Å². The third-order valence-electron chi connectivity index (χ3n) is 2.66. The first-order valence-electron chi connectivity index (χ1n) is 6.50. The molecule has 0 fully saturated rings. The standard InChI is InChI=1S/C15H21NO2S/c1-4-9-15(2,3)16-14(18)13-12(8-11-19-13)7-5-6-10-17/h8,11,17H,4,6,9-10H2,1-3H3,(H,16,18). The van der Waals surface area contributed by atoms with Crippen molar-refractivity contribution >= 4 is 17.2 Å². The van der Waals surface area contributed by atoms with E-state index in [1.54, 1.807) is 0 Å². The average molecular weight is 279 g/mol. The number of carbonyl (C=O) groups excluding carboxylic acids is 1. The highest BCUT2D eigenvalue weighted by atomic mass is 32.1. The van der Waals surface area contributed by atoms with Crippen molar-refractivity contribution in [2.45, 2.75) is 45.6 Å². The van der Waals surface area contributed by atoms with Gasteiger partial charge in [-0.05, 0) is 31.7 Å². The van der Waals surface area contributed by atoms with E-state index in [4.69, 9.17) is 5.11 Å². The summed E-state index contributed by atoms with van der Waals surface area (Å²) in [5.41, 5.74) is 0.536. The molecule has 0 aliphatic carbocycles. The number of nitrogens with one attached hydrogen (secondary N) is 1. The first-order chi connectivity index (χ1) is 9.00. The Morgan fingerprint density at radius 1 is 1.53 bits per heavy atom. The molecular weight excluding hydrogens is 258 g/mol. The molecule has 4 heteroatoms. The summed E-state index contributed by atoms with van der Waals surface area (Å²) < 4.78 is 0. The lowest BCUT2D eigenvalue weighted by atomic mass is 9.99. The molecule has 0 saturated carbocycles. The fraction of sp³-hybridized carbons (Fsp3) is 0.533. The number of rotatable bonds is 5. The lowest BCUT2D eigenvalue weighted by Gasteiger charge is -2.25. The lowest BCUT2D eigenvalue weighted by molar-refractivity contribution is 0.0913. The normalized spacial score (nSPS) is 10.7. The predicted molar refractivity (Wildman–Crippen MR) is 79.4 cm³/mol. The van der Waals surface area contributed by atoms with Gasteiger partial charge in [0.15, 0.2) is 0 Å². The average Bonchev–Trinajstić information content (AvgIpc) is 2.77. The van der Waals surface area contributed by atoms with Gasteiger partial charge in [0.1, 0.15) is 4.88 Å². The van der Waals surface area contributed by atoms with Crippen molar-refractivity contribution in [3.8, 4) is 11.8 Å². The van der Waals surface area contributed by atoms with Gasteiger partial charge in [0.2, 0.25) is 0 Å². The molecule has 0 bridgehead atoms. The van der Waals surface area contributed by atoms with Gasteiger partial charge >= 0.3 is 0 Å². The van der Waals surface area contributed by atoms with E-state index < -0.39 is 0 Å². The molecule has 2 N–H and O–H groups in total. The molecule has 1 amide bonds. The Labute approximate surface area is 119 Å². The highest BCUT2D eigenvalue weighted by Gasteiger charge is 2.22. The fourth-order valence-electron chi connectivity index (χ4n) is 1.85. The zero-order chi connectivity index (χ0) is 14.3. The monoisotopic (exact) mass is 279 g/mol. The zero-order valence-electron chi connectivity index (χ0n) is 11.7. The van der Waals surface area contributed by atoms with Crippen LogP contribution in [0.5, 0.6) is 0 Å². The maximum absolute atomic E-state index is 12.2. The summed E-state index contributed by atoms with van der Waals surface area (Å²) in [7, 11) is 0. The molecular formula is C15H21NO2S. The van der Waals surface area contributed by atoms with Crippen molar-refractivity contribution in [1.82, 2.24) is 5.32 Å². The molecule has 0 aromatic carbocycles. The molecule has 1 aromatic rings. The molecule has 3 nitrogen and oxygen atoms in total. The third-order valence-corrected chi connectivity index (χ3v) is 3.57. The molecule has 1 aromatic heterocycles. The van der Waals surface area contributed by atoms with Gasteiger partial charge < -0.3 is 10.4 Å². The Kier molecular flexibility index (Phi) is 6.07. The summed E-state index contributed by atoms with van der Waals surface area (Å²) in [5, 5.41) is 13.6. The molecule has 0 spiro atoms. The number of aliphatic hydroxyl groups excluding tert-OH is 1. The SMILES string of the molecule is CCCC(C)(C)NC(=O)c1sccc1C#CCCO. The van der Waals surface area contributed by atoms with Crippen LogP contribution in [0.15, 0.2) is 11.4 Å². The second-order valence-corrected chi connectivity index (χ2v) is 5.94. The Bertz CT molecular complexity index is 480. The van der Waals surface area contributed by atoms with Crippen LogP contribution in [0.1, 0.15) is 55.3 Å². The summed E-state index contributed by atoms with van der Waals surface area (Å²) >= 11 is 1.40. The zero-order valence-corrected chi connectivity index (χ0v) is 12.6. The molecule has 0 saturated heterocycles. The maximum atomic E-state index is 12.2. The van der Waals surface area contributed by atoms with Crippen molar-refractivity contribution in [3.05, 3.63) is 21.9 Å². The number of aliphatic hydroxyl groups is 1. The van der Waals surface area contributed by atoms with E-state index in [9.17, 15) is 4.79 Å². The second-order valence-electron chi connectivity index (χ2n) is 5.03. The highest BCUT2D eigenvalue weighted by Crippen LogP contribution is 2.18. The number of carbonyl (C=O) groups is 1. The topological polar surface area (TPSA) is 49.3 Å². The lowest BCUT2D eigenvalue weighted by Crippen LogP contribution is -2.43. The van der Waals surface area contributed by atoms with Gasteiger partial charge in [-0.1, -0.05) is 25.2 Å². The van der Waals surface area contributed by atoms with E-state index >= 15 is 0 Å². The van der Waals surface area contributed by atoms with Crippen LogP contribution >= 0.6 is 11.3 Å².